The maximum Gasteiger partial charge on any atom is 0.282 e. The van der Waals surface area contributed by atoms with Crippen LogP contribution in [0.5, 0.6) is 23.0 Å². The molecule has 0 radical (unpaired) electrons. The van der Waals surface area contributed by atoms with Gasteiger partial charge in [-0.25, -0.2) is 4.98 Å². The summed E-state index contributed by atoms with van der Waals surface area (Å²) < 4.78 is 30.1. The van der Waals surface area contributed by atoms with Gasteiger partial charge in [0.25, 0.3) is 5.56 Å². The minimum absolute atomic E-state index is 0.195. The minimum atomic E-state index is -0.366. The summed E-state index contributed by atoms with van der Waals surface area (Å²) in [6.07, 6.45) is 1.51. The highest BCUT2D eigenvalue weighted by Crippen LogP contribution is 2.39. The molecule has 0 saturated carbocycles. The first-order valence-corrected chi connectivity index (χ1v) is 14.1. The predicted molar refractivity (Wildman–Crippen MR) is 171 cm³/mol. The Bertz CT molecular complexity index is 2080. The highest BCUT2D eigenvalue weighted by Gasteiger charge is 2.19. The number of aromatic nitrogens is 2. The van der Waals surface area contributed by atoms with E-state index in [0.717, 1.165) is 10.9 Å². The zero-order chi connectivity index (χ0) is 30.8. The molecule has 0 aliphatic rings. The fourth-order valence-corrected chi connectivity index (χ4v) is 5.06. The summed E-state index contributed by atoms with van der Waals surface area (Å²) in [5.74, 6) is 2.41. The number of nitrogens with zero attached hydrogens (tertiary/aromatic N) is 3. The van der Waals surface area contributed by atoms with Gasteiger partial charge in [0.2, 0.25) is 11.6 Å². The van der Waals surface area contributed by atoms with Crippen LogP contribution >= 0.6 is 23.2 Å². The smallest absolute Gasteiger partial charge is 0.282 e. The predicted octanol–water partition coefficient (Wildman–Crippen LogP) is 7.60. The van der Waals surface area contributed by atoms with Crippen molar-refractivity contribution in [2.75, 3.05) is 21.3 Å². The van der Waals surface area contributed by atoms with Gasteiger partial charge in [-0.15, -0.1) is 0 Å². The van der Waals surface area contributed by atoms with Crippen LogP contribution in [0.3, 0.4) is 0 Å². The van der Waals surface area contributed by atoms with Crippen LogP contribution in [0.25, 0.3) is 33.5 Å². The van der Waals surface area contributed by atoms with Crippen LogP contribution in [0.2, 0.25) is 10.0 Å². The van der Waals surface area contributed by atoms with Crippen molar-refractivity contribution in [2.24, 2.45) is 5.10 Å². The normalized spacial score (nSPS) is 11.4. The number of halogens is 2. The van der Waals surface area contributed by atoms with Crippen molar-refractivity contribution in [3.05, 3.63) is 110 Å². The van der Waals surface area contributed by atoms with E-state index in [1.807, 2.05) is 30.3 Å². The molecule has 9 nitrogen and oxygen atoms in total. The molecule has 6 aromatic rings. The number of furan rings is 1. The largest absolute Gasteiger partial charge is 0.496 e. The van der Waals surface area contributed by atoms with Gasteiger partial charge < -0.3 is 23.4 Å². The molecule has 2 aromatic heterocycles. The number of hydrogen-bond donors (Lipinski definition) is 0. The Morgan fingerprint density at radius 1 is 0.841 bits per heavy atom. The van der Waals surface area contributed by atoms with Gasteiger partial charge in [-0.2, -0.15) is 9.78 Å². The lowest BCUT2D eigenvalue weighted by Gasteiger charge is -2.15. The third kappa shape index (κ3) is 5.55. The van der Waals surface area contributed by atoms with Crippen molar-refractivity contribution in [2.45, 2.75) is 6.61 Å². The Morgan fingerprint density at radius 3 is 2.32 bits per heavy atom. The lowest BCUT2D eigenvalue weighted by Crippen LogP contribution is -2.20. The second kappa shape index (κ2) is 12.3. The van der Waals surface area contributed by atoms with E-state index in [1.54, 1.807) is 55.6 Å². The molecule has 6 rings (SSSR count). The monoisotopic (exact) mass is 629 g/mol. The van der Waals surface area contributed by atoms with Gasteiger partial charge in [0.05, 0.1) is 53.9 Å². The third-order valence-corrected chi connectivity index (χ3v) is 7.63. The second-order valence-electron chi connectivity index (χ2n) is 9.59. The highest BCUT2D eigenvalue weighted by molar-refractivity contribution is 6.42. The van der Waals surface area contributed by atoms with Crippen LogP contribution in [-0.4, -0.2) is 37.2 Å². The minimum Gasteiger partial charge on any atom is -0.496 e. The summed E-state index contributed by atoms with van der Waals surface area (Å²) in [5.41, 5.74) is 2.13. The van der Waals surface area contributed by atoms with E-state index in [9.17, 15) is 4.79 Å². The number of rotatable bonds is 9. The van der Waals surface area contributed by atoms with E-state index < -0.39 is 0 Å². The Hall–Kier alpha value is -4.99. The number of hydrogen-bond acceptors (Lipinski definition) is 8. The van der Waals surface area contributed by atoms with E-state index in [1.165, 1.54) is 25.1 Å². The van der Waals surface area contributed by atoms with Crippen LogP contribution in [0, 0.1) is 0 Å². The first-order chi connectivity index (χ1) is 21.4. The standard InChI is InChI=1S/C33H25Cl2N3O6/c1-40-26-9-6-10-27-22(26)16-30(44-27)32-37-25-8-5-4-7-21(25)33(39)38(32)36-17-20-14-28(41-2)31(29(15-20)42-3)43-18-19-11-12-23(34)24(35)13-19/h4-17H,18H2,1-3H3. The van der Waals surface area contributed by atoms with Crippen LogP contribution in [0.4, 0.5) is 0 Å². The number of para-hydroxylation sites is 1. The Kier molecular flexibility index (Phi) is 8.15. The van der Waals surface area contributed by atoms with Crippen molar-refractivity contribution in [1.29, 1.82) is 0 Å². The number of fused-ring (bicyclic) bond motifs is 2. The molecule has 44 heavy (non-hydrogen) atoms. The number of ether oxygens (including phenoxy) is 4. The molecule has 0 atom stereocenters. The van der Waals surface area contributed by atoms with Crippen molar-refractivity contribution >= 4 is 51.3 Å². The lowest BCUT2D eigenvalue weighted by atomic mass is 10.2. The second-order valence-corrected chi connectivity index (χ2v) is 10.4. The van der Waals surface area contributed by atoms with Crippen LogP contribution in [0.15, 0.2) is 93.2 Å². The van der Waals surface area contributed by atoms with Crippen LogP contribution in [-0.2, 0) is 6.61 Å². The lowest BCUT2D eigenvalue weighted by molar-refractivity contribution is 0.266. The summed E-state index contributed by atoms with van der Waals surface area (Å²) in [6.45, 7) is 0.195. The molecular formula is C33H25Cl2N3O6. The number of methoxy groups -OCH3 is 3. The molecule has 11 heteroatoms. The summed E-state index contributed by atoms with van der Waals surface area (Å²) in [7, 11) is 4.63. The summed E-state index contributed by atoms with van der Waals surface area (Å²) >= 11 is 12.2. The highest BCUT2D eigenvalue weighted by atomic mass is 35.5. The van der Waals surface area contributed by atoms with E-state index in [2.05, 4.69) is 5.10 Å². The van der Waals surface area contributed by atoms with E-state index in [-0.39, 0.29) is 18.0 Å². The maximum absolute atomic E-state index is 13.7. The molecule has 0 aliphatic carbocycles. The van der Waals surface area contributed by atoms with Crippen molar-refractivity contribution in [1.82, 2.24) is 9.66 Å². The molecule has 0 N–H and O–H groups in total. The SMILES string of the molecule is COc1cc(C=Nn2c(-c3cc4c(OC)cccc4o3)nc3ccccc3c2=O)cc(OC)c1OCc1ccc(Cl)c(Cl)c1. The molecule has 0 saturated heterocycles. The average molecular weight is 630 g/mol. The Balaban J connectivity index is 1.41. The van der Waals surface area contributed by atoms with Crippen LogP contribution < -0.4 is 24.5 Å². The van der Waals surface area contributed by atoms with Crippen molar-refractivity contribution < 1.29 is 23.4 Å². The van der Waals surface area contributed by atoms with Gasteiger partial charge in [-0.1, -0.05) is 47.5 Å². The Labute approximate surface area is 261 Å². The molecule has 0 bridgehead atoms. The van der Waals surface area contributed by atoms with Crippen molar-refractivity contribution in [3.63, 3.8) is 0 Å². The molecular weight excluding hydrogens is 605 g/mol. The number of benzene rings is 4. The van der Waals surface area contributed by atoms with Crippen molar-refractivity contribution in [3.8, 4) is 34.6 Å². The van der Waals surface area contributed by atoms with Gasteiger partial charge in [0.15, 0.2) is 17.3 Å². The molecule has 0 fully saturated rings. The summed E-state index contributed by atoms with van der Waals surface area (Å²) in [6, 6.07) is 23.0. The average Bonchev–Trinajstić information content (AvgIpc) is 3.49. The summed E-state index contributed by atoms with van der Waals surface area (Å²) in [4.78, 5) is 18.4. The third-order valence-electron chi connectivity index (χ3n) is 6.89. The first kappa shape index (κ1) is 29.1. The van der Waals surface area contributed by atoms with E-state index in [4.69, 9.17) is 51.6 Å². The first-order valence-electron chi connectivity index (χ1n) is 13.4. The summed E-state index contributed by atoms with van der Waals surface area (Å²) in [5, 5.41) is 6.59. The van der Waals surface area contributed by atoms with Gasteiger partial charge >= 0.3 is 0 Å². The molecule has 222 valence electrons. The van der Waals surface area contributed by atoms with E-state index >= 15 is 0 Å². The zero-order valence-corrected chi connectivity index (χ0v) is 25.3. The Morgan fingerprint density at radius 2 is 1.59 bits per heavy atom. The van der Waals surface area contributed by atoms with Gasteiger partial charge in [0.1, 0.15) is 17.9 Å². The quantitative estimate of drug-likeness (QED) is 0.152. The van der Waals surface area contributed by atoms with Gasteiger partial charge in [0, 0.05) is 5.56 Å². The fraction of sp³-hybridized carbons (Fsp3) is 0.121. The van der Waals surface area contributed by atoms with Crippen LogP contribution in [0.1, 0.15) is 11.1 Å². The molecule has 0 amide bonds. The molecule has 0 spiro atoms. The zero-order valence-electron chi connectivity index (χ0n) is 23.8. The maximum atomic E-state index is 13.7. The topological polar surface area (TPSA) is 97.3 Å². The fourth-order valence-electron chi connectivity index (χ4n) is 4.74. The molecule has 4 aromatic carbocycles. The van der Waals surface area contributed by atoms with E-state index in [0.29, 0.717) is 60.9 Å². The molecule has 0 aliphatic heterocycles. The van der Waals surface area contributed by atoms with Gasteiger partial charge in [-0.05, 0) is 60.2 Å². The molecule has 0 unspecified atom stereocenters. The van der Waals surface area contributed by atoms with Gasteiger partial charge in [-0.3, -0.25) is 4.79 Å². The molecule has 2 heterocycles.